The van der Waals surface area contributed by atoms with Gasteiger partial charge in [0.1, 0.15) is 0 Å². The fraction of sp³-hybridized carbons (Fsp3) is 0.800. The molecule has 0 aromatic heterocycles. The van der Waals surface area contributed by atoms with Crippen LogP contribution in [0.5, 0.6) is 0 Å². The maximum Gasteiger partial charge on any atom is 0.303 e. The van der Waals surface area contributed by atoms with Crippen LogP contribution in [0.4, 0.5) is 0 Å². The summed E-state index contributed by atoms with van der Waals surface area (Å²) in [6.45, 7) is 4.41. The van der Waals surface area contributed by atoms with Crippen molar-refractivity contribution in [1.82, 2.24) is 0 Å². The van der Waals surface area contributed by atoms with Gasteiger partial charge in [0.05, 0.1) is 0 Å². The third-order valence-corrected chi connectivity index (χ3v) is 5.77. The number of allylic oxidation sites excluding steroid dienone is 4. The first-order chi connectivity index (χ1) is 16.5. The Hall–Kier alpha value is -0.957. The number of hydrogen-bond acceptors (Lipinski definition) is 2. The van der Waals surface area contributed by atoms with E-state index in [1.54, 1.807) is 0 Å². The number of carboxylic acid groups (broad SMARTS) is 2. The third-order valence-electron chi connectivity index (χ3n) is 5.77. The Bertz CT molecular complexity index is 445. The van der Waals surface area contributed by atoms with Crippen LogP contribution in [-0.4, -0.2) is 22.2 Å². The minimum Gasteiger partial charge on any atom is -0.481 e. The molecule has 2 N–H and O–H groups in total. The Labute approximate surface area is 230 Å². The molecule has 0 radical (unpaired) electrons. The van der Waals surface area contributed by atoms with Gasteiger partial charge in [0, 0.05) is 32.3 Å². The van der Waals surface area contributed by atoms with E-state index in [0.717, 1.165) is 25.7 Å². The van der Waals surface area contributed by atoms with Gasteiger partial charge in [-0.1, -0.05) is 115 Å². The van der Waals surface area contributed by atoms with Gasteiger partial charge in [-0.05, 0) is 51.4 Å². The molecule has 0 bridgehead atoms. The first-order valence-corrected chi connectivity index (χ1v) is 14.3. The molecule has 0 amide bonds. The van der Waals surface area contributed by atoms with Crippen LogP contribution in [0.1, 0.15) is 155 Å². The summed E-state index contributed by atoms with van der Waals surface area (Å²) < 4.78 is 0. The van der Waals surface area contributed by atoms with Crippen LogP contribution < -0.4 is 0 Å². The molecule has 0 aliphatic carbocycles. The van der Waals surface area contributed by atoms with Gasteiger partial charge in [0.25, 0.3) is 0 Å². The van der Waals surface area contributed by atoms with E-state index in [1.165, 1.54) is 103 Å². The van der Waals surface area contributed by atoms with Crippen molar-refractivity contribution in [1.29, 1.82) is 0 Å². The van der Waals surface area contributed by atoms with Crippen LogP contribution in [0.3, 0.4) is 0 Å². The van der Waals surface area contributed by atoms with E-state index in [0.29, 0.717) is 12.8 Å². The zero-order chi connectivity index (χ0) is 25.5. The van der Waals surface area contributed by atoms with Crippen molar-refractivity contribution < 1.29 is 39.3 Å². The van der Waals surface area contributed by atoms with E-state index in [1.807, 2.05) is 0 Å². The summed E-state index contributed by atoms with van der Waals surface area (Å²) in [6, 6.07) is 0. The van der Waals surface area contributed by atoms with Crippen molar-refractivity contribution in [2.24, 2.45) is 0 Å². The molecule has 0 fully saturated rings. The molecule has 0 heterocycles. The molecule has 0 aromatic carbocycles. The van der Waals surface area contributed by atoms with E-state index in [9.17, 15) is 9.59 Å². The van der Waals surface area contributed by atoms with Crippen molar-refractivity contribution >= 4 is 11.9 Å². The van der Waals surface area contributed by atoms with E-state index >= 15 is 0 Å². The first-order valence-electron chi connectivity index (χ1n) is 14.3. The summed E-state index contributed by atoms with van der Waals surface area (Å²) >= 11 is 0. The monoisotopic (exact) mass is 544 g/mol. The molecule has 0 aliphatic rings. The van der Waals surface area contributed by atoms with E-state index in [-0.39, 0.29) is 19.5 Å². The predicted molar refractivity (Wildman–Crippen MR) is 146 cm³/mol. The van der Waals surface area contributed by atoms with Crippen LogP contribution in [0, 0.1) is 0 Å². The number of carbonyl (C=O) groups is 2. The van der Waals surface area contributed by atoms with E-state index < -0.39 is 11.9 Å². The average molecular weight is 546 g/mol. The van der Waals surface area contributed by atoms with Gasteiger partial charge in [0.15, 0.2) is 0 Å². The second-order valence-corrected chi connectivity index (χ2v) is 9.33. The minimum atomic E-state index is -0.663. The van der Waals surface area contributed by atoms with Crippen molar-refractivity contribution in [3.63, 3.8) is 0 Å². The summed E-state index contributed by atoms with van der Waals surface area (Å²) in [5, 5.41) is 16.9. The number of unbranched alkanes of at least 4 members (excludes halogenated alkanes) is 16. The van der Waals surface area contributed by atoms with Gasteiger partial charge in [-0.25, -0.2) is 0 Å². The quantitative estimate of drug-likeness (QED) is 0.0718. The zero-order valence-electron chi connectivity index (χ0n) is 23.3. The van der Waals surface area contributed by atoms with Gasteiger partial charge in [-0.2, -0.15) is 0 Å². The molecule has 0 aliphatic heterocycles. The molecular formula is C30H56O4Zn. The Kier molecular flexibility index (Phi) is 38.8. The molecular weight excluding hydrogens is 490 g/mol. The first kappa shape index (κ1) is 38.6. The Morgan fingerprint density at radius 1 is 0.457 bits per heavy atom. The second-order valence-electron chi connectivity index (χ2n) is 9.33. The normalized spacial score (nSPS) is 10.8. The smallest absolute Gasteiger partial charge is 0.303 e. The third kappa shape index (κ3) is 43.5. The Balaban J connectivity index is -0.000000569. The van der Waals surface area contributed by atoms with Gasteiger partial charge in [0.2, 0.25) is 0 Å². The van der Waals surface area contributed by atoms with Crippen molar-refractivity contribution in [2.75, 3.05) is 0 Å². The van der Waals surface area contributed by atoms with Gasteiger partial charge < -0.3 is 10.2 Å². The number of hydrogen-bond donors (Lipinski definition) is 2. The summed E-state index contributed by atoms with van der Waals surface area (Å²) in [4.78, 5) is 20.5. The van der Waals surface area contributed by atoms with Gasteiger partial charge >= 0.3 is 11.9 Å². The largest absolute Gasteiger partial charge is 0.481 e. The van der Waals surface area contributed by atoms with Gasteiger partial charge in [-0.3, -0.25) is 9.59 Å². The molecule has 0 aromatic rings. The number of carboxylic acids is 2. The number of rotatable bonds is 24. The Morgan fingerprint density at radius 3 is 1.00 bits per heavy atom. The standard InChI is InChI=1S/2C15H28O2.Zn/c2*1-2-3-4-5-6-7-8-9-10-11-12-13-14-15(16)17;/h2*4-5H,2-3,6-14H2,1H3,(H,16,17);. The van der Waals surface area contributed by atoms with Gasteiger partial charge in [-0.15, -0.1) is 0 Å². The van der Waals surface area contributed by atoms with E-state index in [2.05, 4.69) is 38.2 Å². The van der Waals surface area contributed by atoms with E-state index in [4.69, 9.17) is 10.2 Å². The molecule has 0 atom stereocenters. The van der Waals surface area contributed by atoms with Crippen LogP contribution in [0.25, 0.3) is 0 Å². The molecule has 0 unspecified atom stereocenters. The maximum atomic E-state index is 10.3. The topological polar surface area (TPSA) is 74.6 Å². The predicted octanol–water partition coefficient (Wildman–Crippen LogP) is 9.87. The minimum absolute atomic E-state index is 0. The summed E-state index contributed by atoms with van der Waals surface area (Å²) in [6.07, 6.45) is 33.8. The van der Waals surface area contributed by atoms with Crippen molar-refractivity contribution in [2.45, 2.75) is 155 Å². The Morgan fingerprint density at radius 2 is 0.714 bits per heavy atom. The summed E-state index contributed by atoms with van der Waals surface area (Å²) in [5.74, 6) is -1.33. The average Bonchev–Trinajstić information content (AvgIpc) is 2.80. The fourth-order valence-electron chi connectivity index (χ4n) is 3.65. The summed E-state index contributed by atoms with van der Waals surface area (Å²) in [5.41, 5.74) is 0. The zero-order valence-corrected chi connectivity index (χ0v) is 26.3. The molecule has 0 spiro atoms. The molecule has 202 valence electrons. The second kappa shape index (κ2) is 35.2. The van der Waals surface area contributed by atoms with Crippen LogP contribution in [0.2, 0.25) is 0 Å². The fourth-order valence-corrected chi connectivity index (χ4v) is 3.65. The molecule has 35 heavy (non-hydrogen) atoms. The SMILES string of the molecule is CCCC=CCCCCCCCCCC(=O)O.CCCC=CCCCCCCCCCC(=O)O.[Zn]. The molecule has 4 nitrogen and oxygen atoms in total. The van der Waals surface area contributed by atoms with Crippen LogP contribution in [-0.2, 0) is 29.1 Å². The molecule has 0 rings (SSSR count). The molecule has 5 heteroatoms. The van der Waals surface area contributed by atoms with Crippen LogP contribution in [0.15, 0.2) is 24.3 Å². The summed E-state index contributed by atoms with van der Waals surface area (Å²) in [7, 11) is 0. The van der Waals surface area contributed by atoms with Crippen molar-refractivity contribution in [3.05, 3.63) is 24.3 Å². The molecule has 0 saturated heterocycles. The molecule has 0 saturated carbocycles. The maximum absolute atomic E-state index is 10.3. The van der Waals surface area contributed by atoms with Crippen LogP contribution >= 0.6 is 0 Å². The van der Waals surface area contributed by atoms with Crippen molar-refractivity contribution in [3.8, 4) is 0 Å². The number of aliphatic carboxylic acids is 2.